The van der Waals surface area contributed by atoms with Gasteiger partial charge in [-0.25, -0.2) is 4.39 Å². The van der Waals surface area contributed by atoms with Crippen molar-refractivity contribution in [2.75, 3.05) is 23.7 Å². The van der Waals surface area contributed by atoms with E-state index in [0.717, 1.165) is 38.1 Å². The first kappa shape index (κ1) is 16.6. The largest absolute Gasteiger partial charge is 0.370 e. The Hall–Kier alpha value is -0.750. The monoisotopic (exact) mass is 374 g/mol. The average molecular weight is 375 g/mol. The molecule has 0 bridgehead atoms. The third kappa shape index (κ3) is 4.13. The van der Waals surface area contributed by atoms with Crippen LogP contribution in [0, 0.1) is 5.82 Å². The van der Waals surface area contributed by atoms with E-state index < -0.39 is 11.7 Å². The van der Waals surface area contributed by atoms with Gasteiger partial charge in [0.2, 0.25) is 0 Å². The van der Waals surface area contributed by atoms with Crippen LogP contribution in [0.4, 0.5) is 10.1 Å². The maximum absolute atomic E-state index is 14.1. The normalized spacial score (nSPS) is 19.4. The first-order valence-electron chi connectivity index (χ1n) is 7.18. The molecule has 1 aromatic rings. The number of amides is 1. The minimum atomic E-state index is -0.709. The van der Waals surface area contributed by atoms with Gasteiger partial charge in [-0.3, -0.25) is 4.79 Å². The van der Waals surface area contributed by atoms with Gasteiger partial charge in [0, 0.05) is 22.8 Å². The molecule has 0 radical (unpaired) electrons. The van der Waals surface area contributed by atoms with Gasteiger partial charge in [0.1, 0.15) is 5.82 Å². The molecule has 3 nitrogen and oxygen atoms in total. The summed E-state index contributed by atoms with van der Waals surface area (Å²) in [7, 11) is 0. The first-order valence-corrected chi connectivity index (χ1v) is 9.02. The summed E-state index contributed by atoms with van der Waals surface area (Å²) in [6.45, 7) is 3.80. The van der Waals surface area contributed by atoms with E-state index in [1.807, 2.05) is 11.8 Å². The zero-order chi connectivity index (χ0) is 15.4. The van der Waals surface area contributed by atoms with E-state index in [1.54, 1.807) is 6.07 Å². The maximum atomic E-state index is 14.1. The minimum Gasteiger partial charge on any atom is -0.370 e. The van der Waals surface area contributed by atoms with Crippen molar-refractivity contribution in [3.8, 4) is 0 Å². The molecule has 21 heavy (non-hydrogen) atoms. The summed E-state index contributed by atoms with van der Waals surface area (Å²) in [6, 6.07) is 3.09. The zero-order valence-electron chi connectivity index (χ0n) is 12.1. The molecule has 1 aromatic carbocycles. The van der Waals surface area contributed by atoms with E-state index in [-0.39, 0.29) is 5.56 Å². The fourth-order valence-corrected chi connectivity index (χ4v) is 4.25. The lowest BCUT2D eigenvalue weighted by molar-refractivity contribution is 0.0997. The zero-order valence-corrected chi connectivity index (χ0v) is 14.5. The van der Waals surface area contributed by atoms with Gasteiger partial charge in [0.25, 0.3) is 5.91 Å². The molecule has 0 saturated carbocycles. The van der Waals surface area contributed by atoms with Crippen LogP contribution in [-0.4, -0.2) is 30.0 Å². The van der Waals surface area contributed by atoms with Crippen molar-refractivity contribution >= 4 is 39.3 Å². The lowest BCUT2D eigenvalue weighted by atomic mass is 10.1. The average Bonchev–Trinajstić information content (AvgIpc) is 2.63. The van der Waals surface area contributed by atoms with Gasteiger partial charge in [-0.1, -0.05) is 29.3 Å². The van der Waals surface area contributed by atoms with Crippen molar-refractivity contribution in [1.82, 2.24) is 0 Å². The fraction of sp³-hybridized carbons (Fsp3) is 0.533. The molecule has 0 spiro atoms. The first-order chi connectivity index (χ1) is 10.0. The van der Waals surface area contributed by atoms with Gasteiger partial charge < -0.3 is 10.6 Å². The van der Waals surface area contributed by atoms with E-state index in [9.17, 15) is 9.18 Å². The topological polar surface area (TPSA) is 46.3 Å². The quantitative estimate of drug-likeness (QED) is 0.871. The Kier molecular flexibility index (Phi) is 5.93. The third-order valence-corrected chi connectivity index (χ3v) is 5.30. The third-order valence-electron chi connectivity index (χ3n) is 3.65. The van der Waals surface area contributed by atoms with Crippen LogP contribution in [0.1, 0.15) is 36.5 Å². The molecule has 0 aromatic heterocycles. The number of nitrogens with two attached hydrogens (primary N) is 1. The number of carbonyl (C=O) groups is 1. The highest BCUT2D eigenvalue weighted by Gasteiger charge is 2.24. The number of carbonyl (C=O) groups excluding carboxylic acids is 1. The smallest absolute Gasteiger partial charge is 0.253 e. The SMILES string of the molecule is CCSC1CCCCN(c2cc(Br)cc(F)c2C(N)=O)C1. The molecule has 6 heteroatoms. The summed E-state index contributed by atoms with van der Waals surface area (Å²) in [4.78, 5) is 13.7. The minimum absolute atomic E-state index is 0.000323. The number of halogens is 2. The Morgan fingerprint density at radius 3 is 2.95 bits per heavy atom. The standard InChI is InChI=1S/C15H20BrFN2OS/c1-2-21-11-5-3-4-6-19(9-11)13-8-10(16)7-12(17)14(13)15(18)20/h7-8,11H,2-6,9H2,1H3,(H2,18,20). The fourth-order valence-electron chi connectivity index (χ4n) is 2.75. The highest BCUT2D eigenvalue weighted by molar-refractivity contribution is 9.10. The second-order valence-corrected chi connectivity index (χ2v) is 7.66. The molecule has 1 atom stereocenters. The van der Waals surface area contributed by atoms with Crippen LogP contribution in [0.5, 0.6) is 0 Å². The number of rotatable bonds is 4. The summed E-state index contributed by atoms with van der Waals surface area (Å²) >= 11 is 5.23. The summed E-state index contributed by atoms with van der Waals surface area (Å²) in [6.07, 6.45) is 3.38. The predicted molar refractivity (Wildman–Crippen MR) is 90.6 cm³/mol. The Bertz CT molecular complexity index is 527. The molecule has 1 aliphatic rings. The number of nitrogens with zero attached hydrogens (tertiary/aromatic N) is 1. The molecule has 1 unspecified atom stereocenters. The number of thioether (sulfide) groups is 1. The summed E-state index contributed by atoms with van der Waals surface area (Å²) in [5, 5.41) is 0.514. The van der Waals surface area contributed by atoms with Crippen LogP contribution >= 0.6 is 27.7 Å². The van der Waals surface area contributed by atoms with Crippen molar-refractivity contribution in [3.05, 3.63) is 28.0 Å². The van der Waals surface area contributed by atoms with Gasteiger partial charge in [-0.2, -0.15) is 11.8 Å². The van der Waals surface area contributed by atoms with Crippen molar-refractivity contribution in [3.63, 3.8) is 0 Å². The Labute approximate surface area is 137 Å². The second kappa shape index (κ2) is 7.49. The molecule has 2 rings (SSSR count). The molecule has 1 amide bonds. The van der Waals surface area contributed by atoms with Crippen LogP contribution in [0.25, 0.3) is 0 Å². The number of benzene rings is 1. The Morgan fingerprint density at radius 1 is 1.52 bits per heavy atom. The van der Waals surface area contributed by atoms with Gasteiger partial charge in [-0.05, 0) is 30.7 Å². The van der Waals surface area contributed by atoms with E-state index in [4.69, 9.17) is 5.73 Å². The van der Waals surface area contributed by atoms with Crippen LogP contribution in [0.3, 0.4) is 0 Å². The number of anilines is 1. The maximum Gasteiger partial charge on any atom is 0.253 e. The van der Waals surface area contributed by atoms with Gasteiger partial charge in [0.15, 0.2) is 0 Å². The number of primary amides is 1. The van der Waals surface area contributed by atoms with Crippen molar-refractivity contribution < 1.29 is 9.18 Å². The molecule has 2 N–H and O–H groups in total. The van der Waals surface area contributed by atoms with E-state index >= 15 is 0 Å². The van der Waals surface area contributed by atoms with Crippen molar-refractivity contribution in [2.45, 2.75) is 31.4 Å². The molecule has 116 valence electrons. The molecule has 1 saturated heterocycles. The van der Waals surface area contributed by atoms with Crippen LogP contribution in [-0.2, 0) is 0 Å². The predicted octanol–water partition coefficient (Wildman–Crippen LogP) is 3.80. The summed E-state index contributed by atoms with van der Waals surface area (Å²) in [5.41, 5.74) is 5.99. The molecular weight excluding hydrogens is 355 g/mol. The molecule has 1 aliphatic heterocycles. The molecule has 1 fully saturated rings. The highest BCUT2D eigenvalue weighted by atomic mass is 79.9. The number of hydrogen-bond acceptors (Lipinski definition) is 3. The number of hydrogen-bond donors (Lipinski definition) is 1. The molecular formula is C15H20BrFN2OS. The molecule has 1 heterocycles. The second-order valence-electron chi connectivity index (χ2n) is 5.17. The van der Waals surface area contributed by atoms with E-state index in [2.05, 4.69) is 27.8 Å². The highest BCUT2D eigenvalue weighted by Crippen LogP contribution is 2.31. The lowest BCUT2D eigenvalue weighted by Crippen LogP contribution is -2.32. The van der Waals surface area contributed by atoms with Gasteiger partial charge in [-0.15, -0.1) is 0 Å². The van der Waals surface area contributed by atoms with E-state index in [0.29, 0.717) is 15.4 Å². The molecule has 0 aliphatic carbocycles. The van der Waals surface area contributed by atoms with Crippen LogP contribution in [0.2, 0.25) is 0 Å². The summed E-state index contributed by atoms with van der Waals surface area (Å²) < 4.78 is 14.7. The Balaban J connectivity index is 2.36. The van der Waals surface area contributed by atoms with Crippen LogP contribution < -0.4 is 10.6 Å². The van der Waals surface area contributed by atoms with Gasteiger partial charge >= 0.3 is 0 Å². The lowest BCUT2D eigenvalue weighted by Gasteiger charge is -2.28. The van der Waals surface area contributed by atoms with Crippen LogP contribution in [0.15, 0.2) is 16.6 Å². The van der Waals surface area contributed by atoms with Crippen molar-refractivity contribution in [1.29, 1.82) is 0 Å². The summed E-state index contributed by atoms with van der Waals surface area (Å²) in [5.74, 6) is -0.205. The van der Waals surface area contributed by atoms with E-state index in [1.165, 1.54) is 6.07 Å². The Morgan fingerprint density at radius 2 is 2.29 bits per heavy atom. The van der Waals surface area contributed by atoms with Gasteiger partial charge in [0.05, 0.1) is 11.3 Å². The van der Waals surface area contributed by atoms with Crippen molar-refractivity contribution in [2.24, 2.45) is 5.73 Å².